The van der Waals surface area contributed by atoms with Gasteiger partial charge >= 0.3 is 33.6 Å². The van der Waals surface area contributed by atoms with E-state index in [0.717, 1.165) is 180 Å². The van der Waals surface area contributed by atoms with E-state index in [4.69, 9.17) is 32.3 Å². The second-order valence-corrected chi connectivity index (χ2v) is 28.3. The SMILES string of the molecule is CC/C=C\C/C=C\C/C=C\C/C=C\C/C=C\C/C=C\CCCCCCCCCCCCC(=O)OCC(O)COP(=O)(O)OCC(O)COP(=O)(O)OCC(COC(=O)CCCCCCC/C=C\C/C=C\C/C=C\C/C=C\C/C=C\CC)OC(=O)CCCCCCC/C=C\C/C=C\CCCCC. The van der Waals surface area contributed by atoms with E-state index in [1.54, 1.807) is 0 Å². The van der Waals surface area contributed by atoms with E-state index in [0.29, 0.717) is 19.3 Å². The highest BCUT2D eigenvalue weighted by atomic mass is 31.2. The van der Waals surface area contributed by atoms with Crippen LogP contribution in [0.5, 0.6) is 0 Å². The van der Waals surface area contributed by atoms with Crippen molar-refractivity contribution in [1.82, 2.24) is 0 Å². The molecule has 4 N–H and O–H groups in total. The number of unbranched alkanes of at least 4 members (excludes halogenated alkanes) is 23. The molecule has 0 saturated carbocycles. The highest BCUT2D eigenvalue weighted by Crippen LogP contribution is 2.45. The maximum atomic E-state index is 13.0. The van der Waals surface area contributed by atoms with Crippen LogP contribution < -0.4 is 0 Å². The molecule has 0 rings (SSSR count). The number of carbonyl (C=O) groups excluding carboxylic acids is 3. The van der Waals surface area contributed by atoms with Gasteiger partial charge in [-0.2, -0.15) is 0 Å². The number of aliphatic hydroxyl groups excluding tert-OH is 2. The van der Waals surface area contributed by atoms with E-state index >= 15 is 0 Å². The molecule has 0 saturated heterocycles. The first-order chi connectivity index (χ1) is 49.2. The van der Waals surface area contributed by atoms with Gasteiger partial charge < -0.3 is 34.2 Å². The second kappa shape index (κ2) is 74.9. The van der Waals surface area contributed by atoms with Gasteiger partial charge in [-0.15, -0.1) is 0 Å². The Morgan fingerprint density at radius 3 is 0.832 bits per heavy atom. The summed E-state index contributed by atoms with van der Waals surface area (Å²) in [7, 11) is -9.81. The molecular weight excluding hydrogens is 1310 g/mol. The molecule has 0 aromatic heterocycles. The molecule has 0 aliphatic heterocycles. The van der Waals surface area contributed by atoms with Crippen molar-refractivity contribution in [2.75, 3.05) is 39.6 Å². The summed E-state index contributed by atoms with van der Waals surface area (Å²) in [6.45, 7) is 2.37. The quantitative estimate of drug-likeness (QED) is 0.0146. The van der Waals surface area contributed by atoms with Gasteiger partial charge in [0.05, 0.1) is 26.4 Å². The normalized spacial score (nSPS) is 14.9. The Balaban J connectivity index is 4.58. The molecule has 5 atom stereocenters. The van der Waals surface area contributed by atoms with Crippen molar-refractivity contribution in [3.63, 3.8) is 0 Å². The molecule has 0 fully saturated rings. The predicted octanol–water partition coefficient (Wildman–Crippen LogP) is 22.6. The monoisotopic (exact) mass is 1450 g/mol. The van der Waals surface area contributed by atoms with Crippen molar-refractivity contribution in [3.05, 3.63) is 158 Å². The van der Waals surface area contributed by atoms with Gasteiger partial charge in [0.1, 0.15) is 25.4 Å². The molecule has 576 valence electrons. The fourth-order valence-electron chi connectivity index (χ4n) is 9.87. The van der Waals surface area contributed by atoms with Gasteiger partial charge in [0.2, 0.25) is 0 Å². The number of carbonyl (C=O) groups is 3. The zero-order valence-corrected chi connectivity index (χ0v) is 64.6. The number of aliphatic hydroxyl groups is 2. The summed E-state index contributed by atoms with van der Waals surface area (Å²) in [5.41, 5.74) is 0. The highest BCUT2D eigenvalue weighted by Gasteiger charge is 2.29. The van der Waals surface area contributed by atoms with Crippen LogP contribution in [0.4, 0.5) is 0 Å². The fraction of sp³-hybridized carbons (Fsp3) is 0.651. The number of rotatable bonds is 72. The Hall–Kier alpha value is -4.83. The number of phosphoric ester groups is 2. The molecular formula is C83H138O16P2. The minimum absolute atomic E-state index is 0.0795. The zero-order valence-electron chi connectivity index (χ0n) is 62.8. The Morgan fingerprint density at radius 2 is 0.525 bits per heavy atom. The van der Waals surface area contributed by atoms with Crippen molar-refractivity contribution >= 4 is 33.6 Å². The first-order valence-electron chi connectivity index (χ1n) is 38.8. The van der Waals surface area contributed by atoms with Crippen LogP contribution in [0.3, 0.4) is 0 Å². The number of phosphoric acid groups is 2. The summed E-state index contributed by atoms with van der Waals surface area (Å²) >= 11 is 0. The number of allylic oxidation sites excluding steroid dienone is 26. The molecule has 0 amide bonds. The summed E-state index contributed by atoms with van der Waals surface area (Å²) in [5.74, 6) is -1.62. The Morgan fingerprint density at radius 1 is 0.287 bits per heavy atom. The van der Waals surface area contributed by atoms with E-state index in [-0.39, 0.29) is 19.3 Å². The Labute approximate surface area is 612 Å². The fourth-order valence-corrected chi connectivity index (χ4v) is 11.5. The topological polar surface area (TPSA) is 231 Å². The molecule has 0 bridgehead atoms. The third kappa shape index (κ3) is 76.1. The van der Waals surface area contributed by atoms with Crippen LogP contribution in [0.25, 0.3) is 0 Å². The lowest BCUT2D eigenvalue weighted by Gasteiger charge is -2.21. The van der Waals surface area contributed by atoms with E-state index in [1.807, 2.05) is 0 Å². The average molecular weight is 1450 g/mol. The van der Waals surface area contributed by atoms with E-state index in [1.165, 1.54) is 51.4 Å². The first-order valence-corrected chi connectivity index (χ1v) is 41.8. The molecule has 0 radical (unpaired) electrons. The second-order valence-electron chi connectivity index (χ2n) is 25.4. The van der Waals surface area contributed by atoms with Crippen molar-refractivity contribution < 1.29 is 75.8 Å². The van der Waals surface area contributed by atoms with Crippen molar-refractivity contribution in [1.29, 1.82) is 0 Å². The molecule has 0 spiro atoms. The van der Waals surface area contributed by atoms with Crippen LogP contribution >= 0.6 is 15.6 Å². The van der Waals surface area contributed by atoms with Gasteiger partial charge in [-0.25, -0.2) is 9.13 Å². The number of esters is 3. The predicted molar refractivity (Wildman–Crippen MR) is 417 cm³/mol. The molecule has 101 heavy (non-hydrogen) atoms. The number of ether oxygens (including phenoxy) is 3. The molecule has 0 aromatic rings. The van der Waals surface area contributed by atoms with Crippen molar-refractivity contribution in [3.8, 4) is 0 Å². The summed E-state index contributed by atoms with van der Waals surface area (Å²) in [6.07, 6.45) is 92.8. The third-order valence-electron chi connectivity index (χ3n) is 15.7. The van der Waals surface area contributed by atoms with Crippen LogP contribution in [0.1, 0.15) is 290 Å². The minimum atomic E-state index is -4.94. The zero-order chi connectivity index (χ0) is 73.7. The average Bonchev–Trinajstić information content (AvgIpc) is 1.14. The third-order valence-corrected chi connectivity index (χ3v) is 17.6. The van der Waals surface area contributed by atoms with Gasteiger partial charge in [-0.3, -0.25) is 32.5 Å². The van der Waals surface area contributed by atoms with Gasteiger partial charge in [0.25, 0.3) is 0 Å². The van der Waals surface area contributed by atoms with Crippen LogP contribution in [0, 0.1) is 0 Å². The first kappa shape index (κ1) is 96.2. The maximum absolute atomic E-state index is 13.0. The minimum Gasteiger partial charge on any atom is -0.463 e. The largest absolute Gasteiger partial charge is 0.472 e. The summed E-state index contributed by atoms with van der Waals surface area (Å²) in [4.78, 5) is 58.6. The van der Waals surface area contributed by atoms with Crippen LogP contribution in [-0.2, 0) is 55.8 Å². The molecule has 0 aliphatic rings. The van der Waals surface area contributed by atoms with Gasteiger partial charge in [0.15, 0.2) is 6.10 Å². The number of hydrogen-bond donors (Lipinski definition) is 4. The molecule has 0 aromatic carbocycles. The van der Waals surface area contributed by atoms with Gasteiger partial charge in [-0.05, 0) is 148 Å². The van der Waals surface area contributed by atoms with Crippen LogP contribution in [0.2, 0.25) is 0 Å². The highest BCUT2D eigenvalue weighted by molar-refractivity contribution is 7.47. The van der Waals surface area contributed by atoms with Crippen molar-refractivity contribution in [2.45, 2.75) is 309 Å². The maximum Gasteiger partial charge on any atom is 0.472 e. The Bertz CT molecular complexity index is 2470. The molecule has 0 aliphatic carbocycles. The lowest BCUT2D eigenvalue weighted by Crippen LogP contribution is -2.30. The van der Waals surface area contributed by atoms with Gasteiger partial charge in [0, 0.05) is 19.3 Å². The van der Waals surface area contributed by atoms with Gasteiger partial charge in [-0.1, -0.05) is 281 Å². The summed E-state index contributed by atoms with van der Waals surface area (Å²) in [6, 6.07) is 0. The van der Waals surface area contributed by atoms with E-state index in [9.17, 15) is 43.5 Å². The van der Waals surface area contributed by atoms with Crippen molar-refractivity contribution in [2.24, 2.45) is 0 Å². The molecule has 0 heterocycles. The summed E-state index contributed by atoms with van der Waals surface area (Å²) in [5, 5.41) is 20.6. The van der Waals surface area contributed by atoms with E-state index < -0.39 is 91.5 Å². The lowest BCUT2D eigenvalue weighted by atomic mass is 10.1. The van der Waals surface area contributed by atoms with Crippen LogP contribution in [0.15, 0.2) is 158 Å². The van der Waals surface area contributed by atoms with Crippen LogP contribution in [-0.4, -0.2) is 95.9 Å². The summed E-state index contributed by atoms with van der Waals surface area (Å²) < 4.78 is 61.1. The molecule has 5 unspecified atom stereocenters. The molecule has 18 heteroatoms. The standard InChI is InChI=1S/C83H138O16P2/c1-4-7-10-13-16-19-22-25-28-30-32-34-35-36-37-38-39-40-41-43-45-46-49-51-54-57-60-63-66-69-81(86)93-72-78(84)73-95-100(89,90)96-74-79(85)75-97-101(91,92)98-77-80(99-83(88)71-68-65-62-59-56-53-48-27-24-21-18-15-12-9-6-3)76-94-82(87)70-67-64-61-58-55-52-50-47-44-42-33-31-29-26-23-20-17-14-11-8-5-2/h7-8,10-11,16-21,25-29,32-34,36-37,39-40,42,47-48,50,78-80,84-85H,4-6,9,12-15,22-24,30-31,35,38,41,43-46,49,51-77H2,1-3H3,(H,89,90)(H,91,92)/b10-7-,11-8-,19-16-,20-17-,21-18-,28-25-,29-26-,34-32-,37-36-,40-39-,42-33-,48-27-,50-47-. The lowest BCUT2D eigenvalue weighted by molar-refractivity contribution is -0.161. The van der Waals surface area contributed by atoms with E-state index in [2.05, 4.69) is 179 Å². The Kier molecular flexibility index (Phi) is 71.3. The molecule has 16 nitrogen and oxygen atoms in total. The number of hydrogen-bond acceptors (Lipinski definition) is 14. The smallest absolute Gasteiger partial charge is 0.463 e.